The molecule has 4 heterocycles. The van der Waals surface area contributed by atoms with E-state index in [0.717, 1.165) is 65.0 Å². The van der Waals surface area contributed by atoms with Crippen molar-refractivity contribution in [1.82, 2.24) is 25.1 Å². The lowest BCUT2D eigenvalue weighted by atomic mass is 10.1. The summed E-state index contributed by atoms with van der Waals surface area (Å²) in [6, 6.07) is -0.123. The predicted octanol–water partition coefficient (Wildman–Crippen LogP) is 0.692. The van der Waals surface area contributed by atoms with Crippen molar-refractivity contribution < 1.29 is 14.3 Å². The lowest BCUT2D eigenvalue weighted by Gasteiger charge is -2.27. The van der Waals surface area contributed by atoms with Crippen molar-refractivity contribution in [1.29, 1.82) is 0 Å². The second kappa shape index (κ2) is 10.4. The molecule has 9 heteroatoms. The summed E-state index contributed by atoms with van der Waals surface area (Å²) in [6.07, 6.45) is 6.57. The van der Waals surface area contributed by atoms with Crippen molar-refractivity contribution in [3.8, 4) is 0 Å². The Labute approximate surface area is 184 Å². The second-order valence-electron chi connectivity index (χ2n) is 8.59. The summed E-state index contributed by atoms with van der Waals surface area (Å²) < 4.78 is 5.43. The first kappa shape index (κ1) is 22.0. The molecule has 0 aromatic carbocycles. The van der Waals surface area contributed by atoms with E-state index in [4.69, 9.17) is 9.72 Å². The zero-order valence-electron chi connectivity index (χ0n) is 18.5. The van der Waals surface area contributed by atoms with E-state index in [2.05, 4.69) is 20.1 Å². The molecule has 9 nitrogen and oxygen atoms in total. The molecule has 1 aromatic heterocycles. The van der Waals surface area contributed by atoms with Crippen LogP contribution in [-0.4, -0.2) is 96.7 Å². The van der Waals surface area contributed by atoms with Crippen LogP contribution in [0.2, 0.25) is 0 Å². The number of ether oxygens (including phenoxy) is 1. The Balaban J connectivity index is 1.44. The SMILES string of the molecule is C[C@H](C(=O)NCCc1nc(N2CCOCC2)ncc1C(=O)N1CCCC1)N1CCCC1. The normalized spacial score (nSPS) is 20.8. The first-order valence-electron chi connectivity index (χ1n) is 11.6. The number of hydrogen-bond donors (Lipinski definition) is 1. The molecule has 0 unspecified atom stereocenters. The van der Waals surface area contributed by atoms with Gasteiger partial charge in [-0.05, 0) is 45.7 Å². The maximum absolute atomic E-state index is 13.1. The number of aromatic nitrogens is 2. The fourth-order valence-electron chi connectivity index (χ4n) is 4.53. The predicted molar refractivity (Wildman–Crippen MR) is 117 cm³/mol. The van der Waals surface area contributed by atoms with Crippen LogP contribution in [0.1, 0.15) is 48.7 Å². The molecule has 0 aliphatic carbocycles. The third kappa shape index (κ3) is 5.33. The van der Waals surface area contributed by atoms with E-state index in [9.17, 15) is 9.59 Å². The number of nitrogens with one attached hydrogen (secondary N) is 1. The fraction of sp³-hybridized carbons (Fsp3) is 0.727. The van der Waals surface area contributed by atoms with Gasteiger partial charge in [0.2, 0.25) is 11.9 Å². The van der Waals surface area contributed by atoms with Gasteiger partial charge in [-0.3, -0.25) is 14.5 Å². The first-order chi connectivity index (χ1) is 15.1. The highest BCUT2D eigenvalue weighted by atomic mass is 16.5. The van der Waals surface area contributed by atoms with Crippen LogP contribution >= 0.6 is 0 Å². The number of amides is 2. The van der Waals surface area contributed by atoms with Crippen molar-refractivity contribution in [2.45, 2.75) is 45.1 Å². The van der Waals surface area contributed by atoms with E-state index in [-0.39, 0.29) is 17.9 Å². The summed E-state index contributed by atoms with van der Waals surface area (Å²) in [4.78, 5) is 41.1. The second-order valence-corrected chi connectivity index (χ2v) is 8.59. The van der Waals surface area contributed by atoms with Crippen LogP contribution in [0, 0.1) is 0 Å². The standard InChI is InChI=1S/C22H34N6O3/c1-17(26-8-2-3-9-26)20(29)23-7-6-19-18(21(30)27-10-4-5-11-27)16-24-22(25-19)28-12-14-31-15-13-28/h16-17H,2-15H2,1H3,(H,23,29)/t17-/m1/s1. The lowest BCUT2D eigenvalue weighted by molar-refractivity contribution is -0.125. The molecule has 0 spiro atoms. The number of carbonyl (C=O) groups is 2. The Morgan fingerprint density at radius 3 is 2.45 bits per heavy atom. The summed E-state index contributed by atoms with van der Waals surface area (Å²) in [5.74, 6) is 0.669. The van der Waals surface area contributed by atoms with Gasteiger partial charge in [-0.15, -0.1) is 0 Å². The van der Waals surface area contributed by atoms with E-state index < -0.39 is 0 Å². The molecule has 3 fully saturated rings. The summed E-state index contributed by atoms with van der Waals surface area (Å²) in [7, 11) is 0. The van der Waals surface area contributed by atoms with Gasteiger partial charge in [0.1, 0.15) is 0 Å². The van der Waals surface area contributed by atoms with Crippen molar-refractivity contribution >= 4 is 17.8 Å². The fourth-order valence-corrected chi connectivity index (χ4v) is 4.53. The van der Waals surface area contributed by atoms with Crippen LogP contribution < -0.4 is 10.2 Å². The molecule has 170 valence electrons. The molecular formula is C22H34N6O3. The van der Waals surface area contributed by atoms with Crippen molar-refractivity contribution in [3.05, 3.63) is 17.5 Å². The van der Waals surface area contributed by atoms with Crippen LogP contribution in [-0.2, 0) is 16.0 Å². The van der Waals surface area contributed by atoms with E-state index in [1.54, 1.807) is 6.20 Å². The Morgan fingerprint density at radius 2 is 1.74 bits per heavy atom. The first-order valence-corrected chi connectivity index (χ1v) is 11.6. The van der Waals surface area contributed by atoms with Crippen LogP contribution in [0.3, 0.4) is 0 Å². The molecule has 3 saturated heterocycles. The van der Waals surface area contributed by atoms with E-state index in [1.165, 1.54) is 0 Å². The lowest BCUT2D eigenvalue weighted by Crippen LogP contribution is -2.44. The van der Waals surface area contributed by atoms with Gasteiger partial charge in [-0.2, -0.15) is 0 Å². The minimum atomic E-state index is -0.123. The zero-order chi connectivity index (χ0) is 21.6. The molecule has 0 radical (unpaired) electrons. The number of rotatable bonds is 7. The zero-order valence-corrected chi connectivity index (χ0v) is 18.5. The van der Waals surface area contributed by atoms with E-state index in [0.29, 0.717) is 43.4 Å². The number of carbonyl (C=O) groups excluding carboxylic acids is 2. The molecule has 1 atom stereocenters. The van der Waals surface area contributed by atoms with Crippen LogP contribution in [0.25, 0.3) is 0 Å². The maximum Gasteiger partial charge on any atom is 0.257 e. The minimum absolute atomic E-state index is 0.00205. The maximum atomic E-state index is 13.1. The number of anilines is 1. The van der Waals surface area contributed by atoms with Gasteiger partial charge >= 0.3 is 0 Å². The molecule has 4 rings (SSSR count). The van der Waals surface area contributed by atoms with Crippen molar-refractivity contribution in [3.63, 3.8) is 0 Å². The Morgan fingerprint density at radius 1 is 1.06 bits per heavy atom. The smallest absolute Gasteiger partial charge is 0.257 e. The highest BCUT2D eigenvalue weighted by Crippen LogP contribution is 2.18. The molecule has 2 amide bonds. The largest absolute Gasteiger partial charge is 0.378 e. The molecule has 3 aliphatic heterocycles. The Kier molecular flexibility index (Phi) is 7.34. The Bertz CT molecular complexity index is 771. The summed E-state index contributed by atoms with van der Waals surface area (Å²) in [6.45, 7) is 8.74. The molecule has 0 bridgehead atoms. The molecular weight excluding hydrogens is 396 g/mol. The van der Waals surface area contributed by atoms with Gasteiger partial charge < -0.3 is 19.9 Å². The minimum Gasteiger partial charge on any atom is -0.378 e. The molecule has 1 aromatic rings. The highest BCUT2D eigenvalue weighted by Gasteiger charge is 2.26. The van der Waals surface area contributed by atoms with Gasteiger partial charge in [0.05, 0.1) is 30.5 Å². The van der Waals surface area contributed by atoms with Gasteiger partial charge in [-0.1, -0.05) is 0 Å². The van der Waals surface area contributed by atoms with Crippen molar-refractivity contribution in [2.75, 3.05) is 63.9 Å². The van der Waals surface area contributed by atoms with E-state index in [1.807, 2.05) is 11.8 Å². The average molecular weight is 431 g/mol. The Hall–Kier alpha value is -2.26. The van der Waals surface area contributed by atoms with Gasteiger partial charge in [0.25, 0.3) is 5.91 Å². The third-order valence-electron chi connectivity index (χ3n) is 6.50. The van der Waals surface area contributed by atoms with Gasteiger partial charge in [0.15, 0.2) is 0 Å². The monoisotopic (exact) mass is 430 g/mol. The van der Waals surface area contributed by atoms with Gasteiger partial charge in [0, 0.05) is 45.3 Å². The number of nitrogens with zero attached hydrogens (tertiary/aromatic N) is 5. The summed E-state index contributed by atoms with van der Waals surface area (Å²) in [5.41, 5.74) is 1.27. The average Bonchev–Trinajstić information content (AvgIpc) is 3.53. The number of morpholine rings is 1. The number of hydrogen-bond acceptors (Lipinski definition) is 7. The van der Waals surface area contributed by atoms with E-state index >= 15 is 0 Å². The quantitative estimate of drug-likeness (QED) is 0.681. The third-order valence-corrected chi connectivity index (χ3v) is 6.50. The van der Waals surface area contributed by atoms with Crippen molar-refractivity contribution in [2.24, 2.45) is 0 Å². The topological polar surface area (TPSA) is 90.9 Å². The molecule has 1 N–H and O–H groups in total. The molecule has 31 heavy (non-hydrogen) atoms. The van der Waals surface area contributed by atoms with Gasteiger partial charge in [-0.25, -0.2) is 9.97 Å². The number of likely N-dealkylation sites (tertiary alicyclic amines) is 2. The summed E-state index contributed by atoms with van der Waals surface area (Å²) in [5, 5.41) is 3.04. The van der Waals surface area contributed by atoms with Crippen LogP contribution in [0.4, 0.5) is 5.95 Å². The highest BCUT2D eigenvalue weighted by molar-refractivity contribution is 5.95. The summed E-state index contributed by atoms with van der Waals surface area (Å²) >= 11 is 0. The van der Waals surface area contributed by atoms with Crippen LogP contribution in [0.15, 0.2) is 6.20 Å². The molecule has 3 aliphatic rings. The van der Waals surface area contributed by atoms with Crippen LogP contribution in [0.5, 0.6) is 0 Å². The molecule has 0 saturated carbocycles.